The Morgan fingerprint density at radius 1 is 1.05 bits per heavy atom. The molecule has 3 rings (SSSR count). The zero-order valence-electron chi connectivity index (χ0n) is 11.9. The number of nitrogens with zero attached hydrogens (tertiary/aromatic N) is 4. The lowest BCUT2D eigenvalue weighted by atomic mass is 10.5. The van der Waals surface area contributed by atoms with Crippen molar-refractivity contribution < 1.29 is 0 Å². The molecule has 0 bridgehead atoms. The maximum absolute atomic E-state index is 4.50. The van der Waals surface area contributed by atoms with Crippen LogP contribution in [0.1, 0.15) is 5.82 Å². The van der Waals surface area contributed by atoms with Gasteiger partial charge in [0.15, 0.2) is 5.65 Å². The fourth-order valence-electron chi connectivity index (χ4n) is 1.42. The normalized spacial score (nSPS) is 9.20. The number of pyridine rings is 2. The van der Waals surface area contributed by atoms with Crippen LogP contribution in [-0.2, 0) is 0 Å². The van der Waals surface area contributed by atoms with E-state index in [-0.39, 0.29) is 0 Å². The summed E-state index contributed by atoms with van der Waals surface area (Å²) in [5.74, 6) is 0.931. The van der Waals surface area contributed by atoms with Gasteiger partial charge < -0.3 is 5.73 Å². The van der Waals surface area contributed by atoms with Gasteiger partial charge in [-0.25, -0.2) is 0 Å². The molecular weight excluding hydrogens is 270 g/mol. The number of nitrogens with two attached hydrogens (primary N) is 1. The van der Waals surface area contributed by atoms with Crippen molar-refractivity contribution in [3.05, 3.63) is 54.7 Å². The summed E-state index contributed by atoms with van der Waals surface area (Å²) in [4.78, 5) is 5.01. The minimum Gasteiger partial charge on any atom is -0.333 e. The molecule has 20 heavy (non-hydrogen) atoms. The summed E-state index contributed by atoms with van der Waals surface area (Å²) < 4.78 is 1.99. The van der Waals surface area contributed by atoms with Crippen LogP contribution in [0.5, 0.6) is 0 Å². The summed E-state index contributed by atoms with van der Waals surface area (Å²) in [6.45, 7) is 1.95. The topological polar surface area (TPSA) is 69.1 Å². The number of hydrogen-bond donors (Lipinski definition) is 1. The van der Waals surface area contributed by atoms with E-state index >= 15 is 0 Å². The first-order chi connectivity index (χ1) is 9.81. The first-order valence-corrected chi connectivity index (χ1v) is 7.32. The van der Waals surface area contributed by atoms with E-state index in [1.54, 1.807) is 24.2 Å². The minimum atomic E-state index is 0.908. The van der Waals surface area contributed by atoms with Crippen LogP contribution >= 0.6 is 11.8 Å². The Hall–Kier alpha value is -1.92. The van der Waals surface area contributed by atoms with Gasteiger partial charge in [-0.15, -0.1) is 22.0 Å². The highest BCUT2D eigenvalue weighted by atomic mass is 32.2. The molecule has 6 heteroatoms. The lowest BCUT2D eigenvalue weighted by Crippen LogP contribution is -1.87. The zero-order chi connectivity index (χ0) is 14.8. The molecule has 2 N–H and O–H groups in total. The number of fused-ring (bicyclic) bond motifs is 1. The van der Waals surface area contributed by atoms with Crippen molar-refractivity contribution in [3.63, 3.8) is 0 Å². The second kappa shape index (κ2) is 9.06. The summed E-state index contributed by atoms with van der Waals surface area (Å²) in [5.41, 5.74) is 5.41. The largest absolute Gasteiger partial charge is 0.333 e. The van der Waals surface area contributed by atoms with Crippen LogP contribution in [0.3, 0.4) is 0 Å². The van der Waals surface area contributed by atoms with E-state index in [0.717, 1.165) is 11.5 Å². The maximum atomic E-state index is 4.50. The highest BCUT2D eigenvalue weighted by Gasteiger charge is 1.99. The monoisotopic (exact) mass is 289 g/mol. The summed E-state index contributed by atoms with van der Waals surface area (Å²) in [5, 5.41) is 7.97. The van der Waals surface area contributed by atoms with Crippen molar-refractivity contribution in [2.45, 2.75) is 11.8 Å². The standard InChI is InChI=1S/C8H9N3S.C5H5N.CH5N/c1-6-9-10-8-4-3-7(12-2)5-11(6)8;1-2-4-6-5-3-1;1-2/h3-5H,1-2H3;1-5H;2H2,1H3. The van der Waals surface area contributed by atoms with E-state index in [1.807, 2.05) is 41.7 Å². The van der Waals surface area contributed by atoms with Crippen molar-refractivity contribution in [2.24, 2.45) is 5.73 Å². The van der Waals surface area contributed by atoms with Gasteiger partial charge in [-0.1, -0.05) is 6.07 Å². The lowest BCUT2D eigenvalue weighted by Gasteiger charge is -1.97. The predicted molar refractivity (Wildman–Crippen MR) is 83.9 cm³/mol. The molecule has 106 valence electrons. The van der Waals surface area contributed by atoms with Gasteiger partial charge in [0, 0.05) is 23.5 Å². The molecule has 0 aliphatic heterocycles. The number of thioether (sulfide) groups is 1. The molecule has 5 nitrogen and oxygen atoms in total. The fraction of sp³-hybridized carbons (Fsp3) is 0.214. The highest BCUT2D eigenvalue weighted by molar-refractivity contribution is 7.98. The molecule has 0 amide bonds. The van der Waals surface area contributed by atoms with Crippen molar-refractivity contribution >= 4 is 17.4 Å². The van der Waals surface area contributed by atoms with Gasteiger partial charge in [0.1, 0.15) is 5.82 Å². The van der Waals surface area contributed by atoms with Crippen LogP contribution in [-0.4, -0.2) is 32.9 Å². The second-order valence-electron chi connectivity index (χ2n) is 3.57. The SMILES string of the molecule is CN.CSc1ccc2nnc(C)n2c1.c1ccncc1. The van der Waals surface area contributed by atoms with Gasteiger partial charge in [0.05, 0.1) is 0 Å². The molecule has 3 aromatic rings. The van der Waals surface area contributed by atoms with E-state index < -0.39 is 0 Å². The second-order valence-corrected chi connectivity index (χ2v) is 4.45. The van der Waals surface area contributed by atoms with E-state index in [4.69, 9.17) is 0 Å². The van der Waals surface area contributed by atoms with E-state index in [0.29, 0.717) is 0 Å². The molecule has 0 fully saturated rings. The average molecular weight is 289 g/mol. The molecule has 0 saturated heterocycles. The van der Waals surface area contributed by atoms with Crippen LogP contribution in [0, 0.1) is 6.92 Å². The highest BCUT2D eigenvalue weighted by Crippen LogP contribution is 2.15. The van der Waals surface area contributed by atoms with Gasteiger partial charge in [-0.2, -0.15) is 0 Å². The quantitative estimate of drug-likeness (QED) is 0.697. The third-order valence-corrected chi connectivity index (χ3v) is 3.06. The molecular formula is C14H19N5S. The zero-order valence-corrected chi connectivity index (χ0v) is 12.7. The number of aryl methyl sites for hydroxylation is 1. The Labute approximate surface area is 123 Å². The molecule has 0 radical (unpaired) electrons. The first-order valence-electron chi connectivity index (χ1n) is 6.09. The van der Waals surface area contributed by atoms with Gasteiger partial charge >= 0.3 is 0 Å². The fourth-order valence-corrected chi connectivity index (χ4v) is 1.83. The van der Waals surface area contributed by atoms with Crippen molar-refractivity contribution in [3.8, 4) is 0 Å². The number of aromatic nitrogens is 4. The Kier molecular flexibility index (Phi) is 7.31. The molecule has 0 aliphatic rings. The molecule has 0 unspecified atom stereocenters. The van der Waals surface area contributed by atoms with Gasteiger partial charge in [0.25, 0.3) is 0 Å². The first kappa shape index (κ1) is 16.1. The summed E-state index contributed by atoms with van der Waals surface area (Å²) in [6, 6.07) is 9.74. The Balaban J connectivity index is 0.000000211. The third-order valence-electron chi connectivity index (χ3n) is 2.35. The lowest BCUT2D eigenvalue weighted by molar-refractivity contribution is 0.996. The van der Waals surface area contributed by atoms with E-state index in [1.165, 1.54) is 11.9 Å². The van der Waals surface area contributed by atoms with Gasteiger partial charge in [-0.05, 0) is 44.5 Å². The Morgan fingerprint density at radius 3 is 2.25 bits per heavy atom. The molecule has 0 aliphatic carbocycles. The Morgan fingerprint density at radius 2 is 1.75 bits per heavy atom. The molecule has 0 aromatic carbocycles. The van der Waals surface area contributed by atoms with Gasteiger partial charge in [-0.3, -0.25) is 9.38 Å². The van der Waals surface area contributed by atoms with Crippen LogP contribution < -0.4 is 5.73 Å². The minimum absolute atomic E-state index is 0.908. The summed E-state index contributed by atoms with van der Waals surface area (Å²) >= 11 is 1.72. The number of rotatable bonds is 1. The van der Waals surface area contributed by atoms with Crippen molar-refractivity contribution in [1.29, 1.82) is 0 Å². The molecule has 0 atom stereocenters. The third kappa shape index (κ3) is 4.64. The van der Waals surface area contributed by atoms with Crippen LogP contribution in [0.4, 0.5) is 0 Å². The van der Waals surface area contributed by atoms with Gasteiger partial charge in [0.2, 0.25) is 0 Å². The predicted octanol–water partition coefficient (Wildman–Crippen LogP) is 2.42. The van der Waals surface area contributed by atoms with E-state index in [2.05, 4.69) is 33.4 Å². The molecule has 3 heterocycles. The smallest absolute Gasteiger partial charge is 0.160 e. The van der Waals surface area contributed by atoms with Crippen LogP contribution in [0.25, 0.3) is 5.65 Å². The summed E-state index contributed by atoms with van der Waals surface area (Å²) in [6.07, 6.45) is 7.61. The van der Waals surface area contributed by atoms with Crippen LogP contribution in [0.2, 0.25) is 0 Å². The molecule has 0 spiro atoms. The Bertz CT molecular complexity index is 583. The van der Waals surface area contributed by atoms with Crippen molar-refractivity contribution in [1.82, 2.24) is 19.6 Å². The molecule has 3 aromatic heterocycles. The van der Waals surface area contributed by atoms with E-state index in [9.17, 15) is 0 Å². The van der Waals surface area contributed by atoms with Crippen molar-refractivity contribution in [2.75, 3.05) is 13.3 Å². The summed E-state index contributed by atoms with van der Waals surface area (Å²) in [7, 11) is 1.50. The average Bonchev–Trinajstić information content (AvgIpc) is 2.92. The van der Waals surface area contributed by atoms with Crippen LogP contribution in [0.15, 0.2) is 53.8 Å². The maximum Gasteiger partial charge on any atom is 0.160 e. The molecule has 0 saturated carbocycles. The number of hydrogen-bond acceptors (Lipinski definition) is 5.